The molecule has 2 aromatic rings. The highest BCUT2D eigenvalue weighted by atomic mass is 79.9. The van der Waals surface area contributed by atoms with Crippen LogP contribution < -0.4 is 20.4 Å². The lowest BCUT2D eigenvalue weighted by molar-refractivity contribution is -0.144. The van der Waals surface area contributed by atoms with Crippen molar-refractivity contribution in [2.75, 3.05) is 61.6 Å². The molecule has 2 spiro atoms. The Bertz CT molecular complexity index is 1990. The van der Waals surface area contributed by atoms with Crippen LogP contribution in [0, 0.1) is 16.7 Å². The topological polar surface area (TPSA) is 220 Å². The molecule has 6 rings (SSSR count). The number of aliphatic hydroxyl groups is 2. The molecule has 6 heterocycles. The molecule has 69 heavy (non-hydrogen) atoms. The van der Waals surface area contributed by atoms with E-state index in [0.29, 0.717) is 83.7 Å². The van der Waals surface area contributed by atoms with Crippen LogP contribution in [0.5, 0.6) is 0 Å². The van der Waals surface area contributed by atoms with Gasteiger partial charge in [0, 0.05) is 42.8 Å². The third kappa shape index (κ3) is 16.0. The normalized spacial score (nSPS) is 22.4. The Balaban J connectivity index is 0.000000276. The van der Waals surface area contributed by atoms with Crippen LogP contribution in [0.1, 0.15) is 138 Å². The first-order chi connectivity index (χ1) is 32.6. The van der Waals surface area contributed by atoms with E-state index in [-0.39, 0.29) is 54.3 Å². The molecule has 0 aliphatic carbocycles. The summed E-state index contributed by atoms with van der Waals surface area (Å²) in [5, 5.41) is 26.5. The number of thioether (sulfide) groups is 1. The second kappa shape index (κ2) is 25.2. The van der Waals surface area contributed by atoms with Crippen molar-refractivity contribution < 1.29 is 48.3 Å². The van der Waals surface area contributed by atoms with Gasteiger partial charge in [0.15, 0.2) is 11.6 Å². The monoisotopic (exact) mass is 1050 g/mol. The Labute approximate surface area is 422 Å². The van der Waals surface area contributed by atoms with Gasteiger partial charge in [-0.2, -0.15) is 0 Å². The number of piperidine rings is 2. The first-order valence-corrected chi connectivity index (χ1v) is 26.5. The molecule has 2 aromatic heterocycles. The van der Waals surface area contributed by atoms with Gasteiger partial charge in [0.2, 0.25) is 0 Å². The summed E-state index contributed by atoms with van der Waals surface area (Å²) in [6, 6.07) is -0.240. The van der Waals surface area contributed by atoms with E-state index in [1.54, 1.807) is 12.4 Å². The lowest BCUT2D eigenvalue weighted by Gasteiger charge is -2.43. The summed E-state index contributed by atoms with van der Waals surface area (Å²) < 4.78 is 29.0. The van der Waals surface area contributed by atoms with Crippen LogP contribution in [-0.4, -0.2) is 136 Å². The zero-order valence-corrected chi connectivity index (χ0v) is 45.0. The molecule has 5 atom stereocenters. The fourth-order valence-corrected chi connectivity index (χ4v) is 10.7. The maximum Gasteiger partial charge on any atom is 0.407 e. The molecule has 0 aromatic carbocycles. The number of ether oxygens (including phenoxy) is 5. The number of esters is 1. The van der Waals surface area contributed by atoms with Crippen LogP contribution in [0.3, 0.4) is 0 Å². The molecule has 0 radical (unpaired) electrons. The van der Waals surface area contributed by atoms with Crippen LogP contribution in [0.2, 0.25) is 0 Å². The molecule has 4 fully saturated rings. The molecule has 0 saturated carbocycles. The van der Waals surface area contributed by atoms with Crippen LogP contribution >= 0.6 is 27.7 Å². The lowest BCUT2D eigenvalue weighted by Crippen LogP contribution is -2.55. The fourth-order valence-electron chi connectivity index (χ4n) is 9.64. The Morgan fingerprint density at radius 3 is 1.74 bits per heavy atom. The van der Waals surface area contributed by atoms with Crippen molar-refractivity contribution >= 4 is 57.5 Å². The van der Waals surface area contributed by atoms with Crippen LogP contribution in [0.25, 0.3) is 0 Å². The van der Waals surface area contributed by atoms with Gasteiger partial charge in [-0.05, 0) is 109 Å². The van der Waals surface area contributed by atoms with E-state index in [0.717, 1.165) is 64.5 Å². The standard InChI is InChI=1S/C30H50N4O6S.C19H29BrN4O4/c1-7-9-10-22(8-2)19-38-25(36)11-16-41-24-17-31-27(23(18-35)32-24)34-14-12-30(13-15-34)20-39-21(3)26(30)33-28(37)40-29(4,5)6;1-12-15(23-17(26)28-18(2,3)4)19(11-27-12)5-7-24(8-6-19)16-13(10-25)22-14(20)9-21-16/h17,21-22,26,35H,7-16,18-20H2,1-6H3,(H,33,37);9,12,15,25H,5-8,10-11H2,1-4H3,(H,23,26)/t21-,22?,26+;12-,15+/m00/s1. The van der Waals surface area contributed by atoms with Crippen molar-refractivity contribution in [2.45, 2.75) is 181 Å². The van der Waals surface area contributed by atoms with Crippen molar-refractivity contribution in [3.05, 3.63) is 28.4 Å². The van der Waals surface area contributed by atoms with Gasteiger partial charge < -0.3 is 54.3 Å². The first kappa shape index (κ1) is 56.4. The number of hydrogen-bond donors (Lipinski definition) is 4. The zero-order valence-electron chi connectivity index (χ0n) is 42.6. The minimum absolute atomic E-state index is 0.0699. The van der Waals surface area contributed by atoms with Crippen molar-refractivity contribution in [3.63, 3.8) is 0 Å². The van der Waals surface area contributed by atoms with E-state index < -0.39 is 23.4 Å². The number of hydrogen-bond acceptors (Lipinski definition) is 17. The Morgan fingerprint density at radius 1 is 0.812 bits per heavy atom. The van der Waals surface area contributed by atoms with Gasteiger partial charge >= 0.3 is 18.2 Å². The average Bonchev–Trinajstić information content (AvgIpc) is 3.75. The molecule has 18 nitrogen and oxygen atoms in total. The quantitative estimate of drug-likeness (QED) is 0.0718. The third-order valence-electron chi connectivity index (χ3n) is 13.5. The number of aliphatic hydroxyl groups excluding tert-OH is 2. The highest BCUT2D eigenvalue weighted by Gasteiger charge is 2.52. The van der Waals surface area contributed by atoms with E-state index in [1.807, 2.05) is 55.4 Å². The number of aromatic nitrogens is 4. The van der Waals surface area contributed by atoms with Crippen LogP contribution in [-0.2, 0) is 41.7 Å². The van der Waals surface area contributed by atoms with Gasteiger partial charge in [-0.15, -0.1) is 11.8 Å². The van der Waals surface area contributed by atoms with Gasteiger partial charge in [0.1, 0.15) is 32.2 Å². The van der Waals surface area contributed by atoms with Gasteiger partial charge in [0.25, 0.3) is 0 Å². The van der Waals surface area contributed by atoms with Gasteiger partial charge in [-0.3, -0.25) is 4.79 Å². The largest absolute Gasteiger partial charge is 0.465 e. The van der Waals surface area contributed by atoms with Gasteiger partial charge in [-0.25, -0.2) is 29.5 Å². The van der Waals surface area contributed by atoms with Crippen LogP contribution in [0.4, 0.5) is 21.2 Å². The number of unbranched alkanes of at least 4 members (excludes halogenated alkanes) is 1. The molecule has 20 heteroatoms. The first-order valence-electron chi connectivity index (χ1n) is 24.7. The van der Waals surface area contributed by atoms with E-state index in [1.165, 1.54) is 11.8 Å². The number of nitrogens with one attached hydrogen (secondary N) is 2. The highest BCUT2D eigenvalue weighted by molar-refractivity contribution is 9.10. The third-order valence-corrected chi connectivity index (χ3v) is 14.7. The smallest absolute Gasteiger partial charge is 0.407 e. The van der Waals surface area contributed by atoms with E-state index in [4.69, 9.17) is 23.7 Å². The number of amides is 2. The molecular formula is C49H79BrN8O10S. The number of halogens is 1. The van der Waals surface area contributed by atoms with Crippen molar-refractivity contribution in [2.24, 2.45) is 16.7 Å². The number of alkyl carbamates (subject to hydrolysis) is 2. The molecule has 4 N–H and O–H groups in total. The molecule has 4 saturated heterocycles. The van der Waals surface area contributed by atoms with E-state index in [9.17, 15) is 24.6 Å². The van der Waals surface area contributed by atoms with Gasteiger partial charge in [-0.1, -0.05) is 33.1 Å². The van der Waals surface area contributed by atoms with Gasteiger partial charge in [0.05, 0.1) is 76.1 Å². The molecule has 2 amide bonds. The second-order valence-electron chi connectivity index (χ2n) is 20.9. The SMILES string of the molecule is CCCCC(CC)COC(=O)CCSc1cnc(N2CCC3(CC2)CO[C@@H](C)[C@H]3NC(=O)OC(C)(C)C)c(CO)n1.C[C@@H]1OCC2(CCN(c3ncc(Br)nc3CO)CC2)[C@@H]1NC(=O)OC(C)(C)C. The zero-order chi connectivity index (χ0) is 50.6. The number of carbonyl (C=O) groups is 3. The summed E-state index contributed by atoms with van der Waals surface area (Å²) in [6.07, 6.45) is 10.4. The van der Waals surface area contributed by atoms with Crippen molar-refractivity contribution in [1.29, 1.82) is 0 Å². The van der Waals surface area contributed by atoms with E-state index >= 15 is 0 Å². The molecule has 4 aliphatic heterocycles. The molecule has 1 unspecified atom stereocenters. The maximum absolute atomic E-state index is 12.5. The summed E-state index contributed by atoms with van der Waals surface area (Å²) in [6.45, 7) is 23.6. The van der Waals surface area contributed by atoms with Crippen LogP contribution in [0.15, 0.2) is 22.0 Å². The Morgan fingerprint density at radius 2 is 1.29 bits per heavy atom. The lowest BCUT2D eigenvalue weighted by atomic mass is 9.73. The number of anilines is 2. The fraction of sp³-hybridized carbons (Fsp3) is 0.776. The number of rotatable bonds is 16. The van der Waals surface area contributed by atoms with E-state index in [2.05, 4.69) is 70.1 Å². The Hall–Kier alpha value is -3.56. The molecule has 4 aliphatic rings. The Kier molecular flexibility index (Phi) is 20.6. The summed E-state index contributed by atoms with van der Waals surface area (Å²) in [7, 11) is 0. The summed E-state index contributed by atoms with van der Waals surface area (Å²) in [5.41, 5.74) is -0.335. The molecule has 388 valence electrons. The molecule has 0 bridgehead atoms. The molecular weight excluding hydrogens is 973 g/mol. The number of carbonyl (C=O) groups excluding carboxylic acids is 3. The van der Waals surface area contributed by atoms with Crippen molar-refractivity contribution in [1.82, 2.24) is 30.6 Å². The average molecular weight is 1050 g/mol. The predicted octanol–water partition coefficient (Wildman–Crippen LogP) is 7.74. The minimum Gasteiger partial charge on any atom is -0.465 e. The number of nitrogens with zero attached hydrogens (tertiary/aromatic N) is 6. The van der Waals surface area contributed by atoms with Crippen molar-refractivity contribution in [3.8, 4) is 0 Å². The maximum atomic E-state index is 12.5. The summed E-state index contributed by atoms with van der Waals surface area (Å²) in [4.78, 5) is 59.4. The summed E-state index contributed by atoms with van der Waals surface area (Å²) in [5.74, 6) is 2.17. The summed E-state index contributed by atoms with van der Waals surface area (Å²) >= 11 is 4.74. The second-order valence-corrected chi connectivity index (χ2v) is 22.9. The predicted molar refractivity (Wildman–Crippen MR) is 268 cm³/mol. The highest BCUT2D eigenvalue weighted by Crippen LogP contribution is 2.45. The minimum atomic E-state index is -0.567.